The predicted molar refractivity (Wildman–Crippen MR) is 106 cm³/mol. The molecule has 0 aliphatic rings. The normalized spacial score (nSPS) is 11.3. The van der Waals surface area contributed by atoms with Gasteiger partial charge in [0.05, 0.1) is 0 Å². The van der Waals surface area contributed by atoms with Crippen LogP contribution < -0.4 is 0 Å². The fraction of sp³-hybridized carbons (Fsp3) is 0.0476. The third-order valence-corrected chi connectivity index (χ3v) is 5.22. The van der Waals surface area contributed by atoms with Crippen molar-refractivity contribution in [2.45, 2.75) is 6.42 Å². The molecule has 0 heterocycles. The van der Waals surface area contributed by atoms with E-state index in [0.717, 1.165) is 43.0 Å². The highest BCUT2D eigenvalue weighted by atomic mass is 35.5. The smallest absolute Gasteiger partial charge is 0.0487 e. The summed E-state index contributed by atoms with van der Waals surface area (Å²) in [6, 6.07) is 22.0. The van der Waals surface area contributed by atoms with E-state index >= 15 is 0 Å². The van der Waals surface area contributed by atoms with Crippen molar-refractivity contribution in [3.8, 4) is 0 Å². The van der Waals surface area contributed by atoms with Crippen molar-refractivity contribution in [3.05, 3.63) is 92.9 Å². The van der Waals surface area contributed by atoms with Crippen LogP contribution in [0.1, 0.15) is 11.1 Å². The zero-order valence-electron chi connectivity index (χ0n) is 12.7. The van der Waals surface area contributed by atoms with Gasteiger partial charge in [0.1, 0.15) is 0 Å². The lowest BCUT2D eigenvalue weighted by molar-refractivity contribution is 1.23. The second-order valence-electron chi connectivity index (χ2n) is 5.83. The summed E-state index contributed by atoms with van der Waals surface area (Å²) < 4.78 is 0. The van der Waals surface area contributed by atoms with Crippen LogP contribution in [-0.4, -0.2) is 0 Å². The van der Waals surface area contributed by atoms with Gasteiger partial charge in [0.15, 0.2) is 0 Å². The van der Waals surface area contributed by atoms with Gasteiger partial charge in [-0.1, -0.05) is 71.2 Å². The molecule has 0 bridgehead atoms. The van der Waals surface area contributed by atoms with Crippen molar-refractivity contribution >= 4 is 56.3 Å². The minimum absolute atomic E-state index is 0.739. The minimum Gasteiger partial charge on any atom is -0.0843 e. The molecule has 0 N–H and O–H groups in total. The second-order valence-corrected chi connectivity index (χ2v) is 7.08. The monoisotopic (exact) mass is 370 g/mol. The highest BCUT2D eigenvalue weighted by Gasteiger charge is 2.12. The van der Waals surface area contributed by atoms with E-state index in [9.17, 15) is 0 Å². The lowest BCUT2D eigenvalue weighted by Crippen LogP contribution is -1.93. The summed E-state index contributed by atoms with van der Waals surface area (Å²) in [4.78, 5) is 0. The molecule has 0 aliphatic carbocycles. The standard InChI is InChI=1S/C21H13Cl3/c22-15-9-7-13(8-10-15)11-18-16-4-2-5-19(23)17(16)12-14-3-1-6-20(24)21(14)18/h1-10,12H,11H2. The number of hydrogen-bond acceptors (Lipinski definition) is 0. The molecule has 0 aliphatic heterocycles. The van der Waals surface area contributed by atoms with Gasteiger partial charge in [0, 0.05) is 25.8 Å². The minimum atomic E-state index is 0.739. The summed E-state index contributed by atoms with van der Waals surface area (Å²) in [5, 5.41) is 6.64. The molecule has 4 rings (SSSR count). The average Bonchev–Trinajstić information content (AvgIpc) is 2.58. The van der Waals surface area contributed by atoms with E-state index in [4.69, 9.17) is 34.8 Å². The summed E-state index contributed by atoms with van der Waals surface area (Å²) in [6.07, 6.45) is 0.773. The van der Waals surface area contributed by atoms with Crippen molar-refractivity contribution in [3.63, 3.8) is 0 Å². The van der Waals surface area contributed by atoms with Crippen molar-refractivity contribution in [2.75, 3.05) is 0 Å². The maximum Gasteiger partial charge on any atom is 0.0487 e. The van der Waals surface area contributed by atoms with Crippen molar-refractivity contribution < 1.29 is 0 Å². The van der Waals surface area contributed by atoms with Crippen LogP contribution in [0.15, 0.2) is 66.7 Å². The Hall–Kier alpha value is -1.73. The largest absolute Gasteiger partial charge is 0.0843 e. The molecule has 0 nitrogen and oxygen atoms in total. The highest BCUT2D eigenvalue weighted by molar-refractivity contribution is 6.38. The first kappa shape index (κ1) is 15.8. The molecule has 4 aromatic carbocycles. The molecular weight excluding hydrogens is 359 g/mol. The lowest BCUT2D eigenvalue weighted by Gasteiger charge is -2.14. The van der Waals surface area contributed by atoms with Crippen molar-refractivity contribution in [2.24, 2.45) is 0 Å². The van der Waals surface area contributed by atoms with Crippen LogP contribution in [0, 0.1) is 0 Å². The number of benzene rings is 4. The molecule has 0 aromatic heterocycles. The molecule has 0 amide bonds. The third-order valence-electron chi connectivity index (χ3n) is 4.32. The van der Waals surface area contributed by atoms with Gasteiger partial charge in [-0.25, -0.2) is 0 Å². The molecule has 0 radical (unpaired) electrons. The zero-order chi connectivity index (χ0) is 16.7. The Balaban J connectivity index is 2.05. The topological polar surface area (TPSA) is 0 Å². The number of hydrogen-bond donors (Lipinski definition) is 0. The molecule has 0 unspecified atom stereocenters. The molecule has 24 heavy (non-hydrogen) atoms. The summed E-state index contributed by atoms with van der Waals surface area (Å²) in [6.45, 7) is 0. The molecule has 0 spiro atoms. The van der Waals surface area contributed by atoms with E-state index in [2.05, 4.69) is 18.2 Å². The van der Waals surface area contributed by atoms with Gasteiger partial charge in [-0.15, -0.1) is 0 Å². The Labute approximate surface area is 155 Å². The van der Waals surface area contributed by atoms with E-state index in [1.807, 2.05) is 48.5 Å². The van der Waals surface area contributed by atoms with E-state index in [1.54, 1.807) is 0 Å². The summed E-state index contributed by atoms with van der Waals surface area (Å²) in [5.41, 5.74) is 2.38. The molecule has 118 valence electrons. The van der Waals surface area contributed by atoms with Crippen molar-refractivity contribution in [1.82, 2.24) is 0 Å². The van der Waals surface area contributed by atoms with Crippen LogP contribution in [0.2, 0.25) is 15.1 Å². The van der Waals surface area contributed by atoms with E-state index in [1.165, 1.54) is 11.1 Å². The van der Waals surface area contributed by atoms with Gasteiger partial charge in [0.2, 0.25) is 0 Å². The van der Waals surface area contributed by atoms with Gasteiger partial charge < -0.3 is 0 Å². The van der Waals surface area contributed by atoms with Gasteiger partial charge in [-0.3, -0.25) is 0 Å². The Morgan fingerprint density at radius 1 is 0.667 bits per heavy atom. The highest BCUT2D eigenvalue weighted by Crippen LogP contribution is 2.37. The molecule has 3 heteroatoms. The Bertz CT molecular complexity index is 1050. The molecule has 0 atom stereocenters. The van der Waals surface area contributed by atoms with Gasteiger partial charge in [0.25, 0.3) is 0 Å². The lowest BCUT2D eigenvalue weighted by atomic mass is 9.92. The third kappa shape index (κ3) is 2.75. The van der Waals surface area contributed by atoms with Gasteiger partial charge in [-0.05, 0) is 58.7 Å². The zero-order valence-corrected chi connectivity index (χ0v) is 15.0. The van der Waals surface area contributed by atoms with Crippen LogP contribution in [0.3, 0.4) is 0 Å². The fourth-order valence-corrected chi connectivity index (χ4v) is 3.86. The molecule has 0 saturated heterocycles. The van der Waals surface area contributed by atoms with Crippen LogP contribution >= 0.6 is 34.8 Å². The predicted octanol–water partition coefficient (Wildman–Crippen LogP) is 7.54. The molecule has 0 fully saturated rings. The van der Waals surface area contributed by atoms with Crippen LogP contribution in [0.5, 0.6) is 0 Å². The maximum absolute atomic E-state index is 6.54. The van der Waals surface area contributed by atoms with Gasteiger partial charge in [-0.2, -0.15) is 0 Å². The van der Waals surface area contributed by atoms with Crippen LogP contribution in [0.25, 0.3) is 21.5 Å². The SMILES string of the molecule is Clc1ccc(Cc2c3cccc(Cl)c3cc3cccc(Cl)c23)cc1. The first-order chi connectivity index (χ1) is 11.6. The van der Waals surface area contributed by atoms with Crippen molar-refractivity contribution in [1.29, 1.82) is 0 Å². The fourth-order valence-electron chi connectivity index (χ4n) is 3.21. The van der Waals surface area contributed by atoms with E-state index in [0.29, 0.717) is 0 Å². The maximum atomic E-state index is 6.54. The Morgan fingerprint density at radius 3 is 2.17 bits per heavy atom. The first-order valence-electron chi connectivity index (χ1n) is 7.66. The van der Waals surface area contributed by atoms with Crippen LogP contribution in [-0.2, 0) is 6.42 Å². The quantitative estimate of drug-likeness (QED) is 0.319. The molecule has 4 aromatic rings. The Morgan fingerprint density at radius 2 is 1.38 bits per heavy atom. The number of rotatable bonds is 2. The summed E-state index contributed by atoms with van der Waals surface area (Å²) in [7, 11) is 0. The van der Waals surface area contributed by atoms with E-state index < -0.39 is 0 Å². The first-order valence-corrected chi connectivity index (χ1v) is 8.79. The number of fused-ring (bicyclic) bond motifs is 2. The molecule has 0 saturated carbocycles. The summed E-state index contributed by atoms with van der Waals surface area (Å²) in [5.74, 6) is 0. The molecular formula is C21H13Cl3. The summed E-state index contributed by atoms with van der Waals surface area (Å²) >= 11 is 19.0. The van der Waals surface area contributed by atoms with Crippen LogP contribution in [0.4, 0.5) is 0 Å². The van der Waals surface area contributed by atoms with Gasteiger partial charge >= 0.3 is 0 Å². The Kier molecular flexibility index (Phi) is 4.14. The van der Waals surface area contributed by atoms with E-state index in [-0.39, 0.29) is 0 Å². The second kappa shape index (κ2) is 6.29. The average molecular weight is 372 g/mol. The number of halogens is 3.